The second-order valence-corrected chi connectivity index (χ2v) is 4.45. The minimum absolute atomic E-state index is 0.142. The van der Waals surface area contributed by atoms with Crippen LogP contribution in [0.5, 0.6) is 0 Å². The number of rotatable bonds is 7. The molecule has 0 spiro atoms. The first kappa shape index (κ1) is 14.4. The number of carbonyl (C=O) groups is 1. The molecule has 2 unspecified atom stereocenters. The maximum absolute atomic E-state index is 11.6. The highest BCUT2D eigenvalue weighted by atomic mass is 16.3. The smallest absolute Gasteiger partial charge is 0.223 e. The molecule has 0 aliphatic carbocycles. The Bertz CT molecular complexity index is 176. The molecule has 3 nitrogen and oxygen atoms in total. The van der Waals surface area contributed by atoms with Crippen molar-refractivity contribution in [3.05, 3.63) is 0 Å². The van der Waals surface area contributed by atoms with Gasteiger partial charge in [-0.25, -0.2) is 0 Å². The van der Waals surface area contributed by atoms with Crippen molar-refractivity contribution in [3.8, 4) is 0 Å². The average Bonchev–Trinajstić information content (AvgIpc) is 2.15. The van der Waals surface area contributed by atoms with Gasteiger partial charge in [0.05, 0.1) is 6.10 Å². The monoisotopic (exact) mass is 215 g/mol. The van der Waals surface area contributed by atoms with Gasteiger partial charge in [-0.1, -0.05) is 20.8 Å². The molecular formula is C12H25NO2. The van der Waals surface area contributed by atoms with Crippen LogP contribution in [0.15, 0.2) is 0 Å². The second kappa shape index (κ2) is 7.69. The van der Waals surface area contributed by atoms with Crippen LogP contribution in [-0.4, -0.2) is 23.7 Å². The molecule has 0 fully saturated rings. The van der Waals surface area contributed by atoms with E-state index in [2.05, 4.69) is 5.32 Å². The largest absolute Gasteiger partial charge is 0.393 e. The minimum atomic E-state index is -0.287. The molecule has 0 heterocycles. The zero-order chi connectivity index (χ0) is 11.8. The van der Waals surface area contributed by atoms with Gasteiger partial charge in [-0.15, -0.1) is 0 Å². The van der Waals surface area contributed by atoms with Gasteiger partial charge in [0, 0.05) is 12.5 Å². The van der Waals surface area contributed by atoms with Gasteiger partial charge in [-0.05, 0) is 32.1 Å². The van der Waals surface area contributed by atoms with Gasteiger partial charge >= 0.3 is 0 Å². The number of aliphatic hydroxyl groups is 1. The first-order chi connectivity index (χ1) is 7.01. The van der Waals surface area contributed by atoms with Gasteiger partial charge in [-0.3, -0.25) is 4.79 Å². The molecule has 0 aromatic rings. The third kappa shape index (κ3) is 6.50. The van der Waals surface area contributed by atoms with Crippen molar-refractivity contribution in [2.45, 2.75) is 53.1 Å². The van der Waals surface area contributed by atoms with Crippen LogP contribution < -0.4 is 5.32 Å². The van der Waals surface area contributed by atoms with Crippen LogP contribution in [0.2, 0.25) is 0 Å². The van der Waals surface area contributed by atoms with Crippen molar-refractivity contribution in [2.24, 2.45) is 11.8 Å². The first-order valence-corrected chi connectivity index (χ1v) is 5.96. The Morgan fingerprint density at radius 2 is 1.80 bits per heavy atom. The Labute approximate surface area is 93.3 Å². The molecule has 0 aliphatic heterocycles. The summed E-state index contributed by atoms with van der Waals surface area (Å²) in [5.41, 5.74) is 0. The van der Waals surface area contributed by atoms with E-state index in [0.717, 1.165) is 19.3 Å². The molecule has 0 saturated heterocycles. The van der Waals surface area contributed by atoms with Crippen LogP contribution in [0.1, 0.15) is 47.0 Å². The average molecular weight is 215 g/mol. The van der Waals surface area contributed by atoms with Crippen LogP contribution in [0.3, 0.4) is 0 Å². The third-order valence-electron chi connectivity index (χ3n) is 2.72. The summed E-state index contributed by atoms with van der Waals surface area (Å²) in [6.07, 6.45) is 2.24. The number of amides is 1. The molecule has 0 saturated carbocycles. The Morgan fingerprint density at radius 3 is 2.20 bits per heavy atom. The number of aliphatic hydroxyl groups excluding tert-OH is 1. The van der Waals surface area contributed by atoms with Gasteiger partial charge in [-0.2, -0.15) is 0 Å². The lowest BCUT2D eigenvalue weighted by atomic mass is 10.0. The lowest BCUT2D eigenvalue weighted by molar-refractivity contribution is -0.125. The van der Waals surface area contributed by atoms with E-state index in [0.29, 0.717) is 12.5 Å². The zero-order valence-corrected chi connectivity index (χ0v) is 10.4. The number of carbonyl (C=O) groups excluding carboxylic acids is 1. The third-order valence-corrected chi connectivity index (χ3v) is 2.72. The molecule has 0 aromatic heterocycles. The molecule has 0 aromatic carbocycles. The fourth-order valence-corrected chi connectivity index (χ4v) is 1.74. The molecular weight excluding hydrogens is 190 g/mol. The van der Waals surface area contributed by atoms with E-state index >= 15 is 0 Å². The van der Waals surface area contributed by atoms with Crippen LogP contribution >= 0.6 is 0 Å². The van der Waals surface area contributed by atoms with Gasteiger partial charge < -0.3 is 10.4 Å². The maximum atomic E-state index is 11.6. The quantitative estimate of drug-likeness (QED) is 0.682. The Morgan fingerprint density at radius 1 is 1.27 bits per heavy atom. The summed E-state index contributed by atoms with van der Waals surface area (Å²) in [6.45, 7) is 8.55. The number of nitrogens with one attached hydrogen (secondary N) is 1. The zero-order valence-electron chi connectivity index (χ0n) is 10.4. The van der Waals surface area contributed by atoms with Crippen molar-refractivity contribution in [3.63, 3.8) is 0 Å². The molecule has 0 rings (SSSR count). The molecule has 3 heteroatoms. The second-order valence-electron chi connectivity index (χ2n) is 4.45. The summed E-state index contributed by atoms with van der Waals surface area (Å²) in [5.74, 6) is 0.629. The summed E-state index contributed by atoms with van der Waals surface area (Å²) in [6, 6.07) is 0. The van der Waals surface area contributed by atoms with Crippen LogP contribution in [-0.2, 0) is 4.79 Å². The highest BCUT2D eigenvalue weighted by Gasteiger charge is 2.14. The molecule has 2 N–H and O–H groups in total. The maximum Gasteiger partial charge on any atom is 0.223 e. The van der Waals surface area contributed by atoms with Crippen molar-refractivity contribution in [1.82, 2.24) is 5.32 Å². The van der Waals surface area contributed by atoms with E-state index in [4.69, 9.17) is 0 Å². The highest BCUT2D eigenvalue weighted by Crippen LogP contribution is 2.08. The van der Waals surface area contributed by atoms with Gasteiger partial charge in [0.25, 0.3) is 0 Å². The van der Waals surface area contributed by atoms with E-state index < -0.39 is 0 Å². The van der Waals surface area contributed by atoms with Crippen LogP contribution in [0.4, 0.5) is 0 Å². The van der Waals surface area contributed by atoms with E-state index in [-0.39, 0.29) is 17.9 Å². The summed E-state index contributed by atoms with van der Waals surface area (Å²) >= 11 is 0. The number of hydrogen-bond acceptors (Lipinski definition) is 2. The fraction of sp³-hybridized carbons (Fsp3) is 0.917. The SMILES string of the molecule is CCC(CC)C(=O)NCC(C)CC(C)O. The van der Waals surface area contributed by atoms with Crippen LogP contribution in [0, 0.1) is 11.8 Å². The van der Waals surface area contributed by atoms with Crippen molar-refractivity contribution < 1.29 is 9.90 Å². The van der Waals surface area contributed by atoms with Crippen molar-refractivity contribution >= 4 is 5.91 Å². The Hall–Kier alpha value is -0.570. The Balaban J connectivity index is 3.79. The molecule has 0 radical (unpaired) electrons. The van der Waals surface area contributed by atoms with Gasteiger partial charge in [0.1, 0.15) is 0 Å². The molecule has 2 atom stereocenters. The summed E-state index contributed by atoms with van der Waals surface area (Å²) in [4.78, 5) is 11.6. The van der Waals surface area contributed by atoms with E-state index in [1.807, 2.05) is 20.8 Å². The van der Waals surface area contributed by atoms with Crippen molar-refractivity contribution in [1.29, 1.82) is 0 Å². The predicted molar refractivity (Wildman–Crippen MR) is 62.5 cm³/mol. The molecule has 15 heavy (non-hydrogen) atoms. The predicted octanol–water partition coefficient (Wildman–Crippen LogP) is 1.95. The molecule has 0 bridgehead atoms. The summed E-state index contributed by atoms with van der Waals surface area (Å²) in [5, 5.41) is 12.1. The summed E-state index contributed by atoms with van der Waals surface area (Å²) in [7, 11) is 0. The lowest BCUT2D eigenvalue weighted by Crippen LogP contribution is -2.34. The number of hydrogen-bond donors (Lipinski definition) is 2. The highest BCUT2D eigenvalue weighted by molar-refractivity contribution is 5.78. The molecule has 1 amide bonds. The normalized spacial score (nSPS) is 15.1. The van der Waals surface area contributed by atoms with Crippen molar-refractivity contribution in [2.75, 3.05) is 6.54 Å². The van der Waals surface area contributed by atoms with Gasteiger partial charge in [0.15, 0.2) is 0 Å². The lowest BCUT2D eigenvalue weighted by Gasteiger charge is -2.17. The van der Waals surface area contributed by atoms with Crippen LogP contribution in [0.25, 0.3) is 0 Å². The topological polar surface area (TPSA) is 49.3 Å². The first-order valence-electron chi connectivity index (χ1n) is 5.96. The van der Waals surface area contributed by atoms with E-state index in [1.54, 1.807) is 6.92 Å². The van der Waals surface area contributed by atoms with E-state index in [9.17, 15) is 9.90 Å². The van der Waals surface area contributed by atoms with E-state index in [1.165, 1.54) is 0 Å². The van der Waals surface area contributed by atoms with Gasteiger partial charge in [0.2, 0.25) is 5.91 Å². The molecule has 0 aliphatic rings. The minimum Gasteiger partial charge on any atom is -0.393 e. The standard InChI is InChI=1S/C12H25NO2/c1-5-11(6-2)12(15)13-8-9(3)7-10(4)14/h9-11,14H,5-8H2,1-4H3,(H,13,15). The summed E-state index contributed by atoms with van der Waals surface area (Å²) < 4.78 is 0. The fourth-order valence-electron chi connectivity index (χ4n) is 1.74. The molecule has 90 valence electrons. The Kier molecular flexibility index (Phi) is 7.39.